The molecule has 32 heavy (non-hydrogen) atoms. The van der Waals surface area contributed by atoms with Crippen molar-refractivity contribution in [2.45, 2.75) is 12.8 Å². The number of carbonyl (C=O) groups is 1. The predicted octanol–water partition coefficient (Wildman–Crippen LogP) is 5.24. The maximum atomic E-state index is 13.0. The van der Waals surface area contributed by atoms with E-state index in [0.29, 0.717) is 17.8 Å². The Morgan fingerprint density at radius 1 is 1.09 bits per heavy atom. The van der Waals surface area contributed by atoms with E-state index >= 15 is 0 Å². The maximum absolute atomic E-state index is 13.0. The normalized spacial score (nSPS) is 16.1. The van der Waals surface area contributed by atoms with Gasteiger partial charge in [-0.25, -0.2) is 9.80 Å². The summed E-state index contributed by atoms with van der Waals surface area (Å²) >= 11 is 0. The van der Waals surface area contributed by atoms with Crippen molar-refractivity contribution in [3.8, 4) is 11.8 Å². The van der Waals surface area contributed by atoms with Crippen LogP contribution in [-0.4, -0.2) is 30.4 Å². The number of nitriles is 1. The van der Waals surface area contributed by atoms with Gasteiger partial charge in [-0.2, -0.15) is 10.4 Å². The van der Waals surface area contributed by atoms with Gasteiger partial charge in [-0.15, -0.1) is 0 Å². The molecule has 0 saturated carbocycles. The van der Waals surface area contributed by atoms with Gasteiger partial charge in [0.15, 0.2) is 0 Å². The molecule has 2 amide bonds. The highest BCUT2D eigenvalue weighted by Gasteiger charge is 2.35. The highest BCUT2D eigenvalue weighted by atomic mass is 16.5. The van der Waals surface area contributed by atoms with Crippen molar-refractivity contribution < 1.29 is 9.53 Å². The van der Waals surface area contributed by atoms with E-state index in [9.17, 15) is 4.79 Å². The first-order chi connectivity index (χ1) is 15.6. The van der Waals surface area contributed by atoms with Gasteiger partial charge in [0.05, 0.1) is 31.0 Å². The van der Waals surface area contributed by atoms with Crippen molar-refractivity contribution in [3.05, 3.63) is 95.6 Å². The maximum Gasteiger partial charge on any atom is 0.342 e. The summed E-state index contributed by atoms with van der Waals surface area (Å²) in [6.07, 6.45) is 0. The minimum atomic E-state index is -0.302. The van der Waals surface area contributed by atoms with E-state index in [1.165, 1.54) is 10.6 Å². The quantitative estimate of drug-likeness (QED) is 0.608. The van der Waals surface area contributed by atoms with E-state index in [4.69, 9.17) is 15.1 Å². The van der Waals surface area contributed by atoms with Crippen LogP contribution in [0, 0.1) is 17.2 Å². The number of amides is 2. The number of hydrogen-bond donors (Lipinski definition) is 1. The third-order valence-corrected chi connectivity index (χ3v) is 5.76. The average Bonchev–Trinajstić information content (AvgIpc) is 3.30. The molecule has 2 atom stereocenters. The number of methoxy groups -OCH3 is 1. The number of hydrogen-bond acceptors (Lipinski definition) is 4. The summed E-state index contributed by atoms with van der Waals surface area (Å²) in [5.74, 6) is 0.984. The lowest BCUT2D eigenvalue weighted by Gasteiger charge is -2.22. The molecule has 0 fully saturated rings. The molecule has 6 heteroatoms. The van der Waals surface area contributed by atoms with Gasteiger partial charge in [-0.1, -0.05) is 37.3 Å². The van der Waals surface area contributed by atoms with Crippen molar-refractivity contribution >= 4 is 17.4 Å². The van der Waals surface area contributed by atoms with Gasteiger partial charge in [0.1, 0.15) is 5.75 Å². The van der Waals surface area contributed by atoms with Crippen LogP contribution in [0.5, 0.6) is 5.75 Å². The number of nitrogens with zero attached hydrogens (tertiary/aromatic N) is 3. The molecule has 1 N–H and O–H groups in total. The smallest absolute Gasteiger partial charge is 0.342 e. The van der Waals surface area contributed by atoms with E-state index in [1.807, 2.05) is 42.5 Å². The van der Waals surface area contributed by atoms with Crippen molar-refractivity contribution in [2.75, 3.05) is 19.0 Å². The second-order valence-electron chi connectivity index (χ2n) is 7.72. The van der Waals surface area contributed by atoms with E-state index < -0.39 is 0 Å². The molecule has 3 aromatic carbocycles. The Labute approximate surface area is 187 Å². The van der Waals surface area contributed by atoms with Crippen molar-refractivity contribution in [1.82, 2.24) is 5.01 Å². The van der Waals surface area contributed by atoms with Crippen LogP contribution >= 0.6 is 0 Å². The number of urea groups is 1. The van der Waals surface area contributed by atoms with Crippen LogP contribution in [-0.2, 0) is 0 Å². The Morgan fingerprint density at radius 3 is 2.41 bits per heavy atom. The Kier molecular flexibility index (Phi) is 6.18. The molecule has 1 aliphatic rings. The number of benzene rings is 3. The van der Waals surface area contributed by atoms with Crippen LogP contribution in [0.1, 0.15) is 29.5 Å². The van der Waals surface area contributed by atoms with Crippen molar-refractivity contribution in [2.24, 2.45) is 11.0 Å². The third kappa shape index (κ3) is 4.47. The zero-order valence-electron chi connectivity index (χ0n) is 18.0. The molecule has 4 rings (SSSR count). The summed E-state index contributed by atoms with van der Waals surface area (Å²) in [5.41, 5.74) is 4.20. The zero-order chi connectivity index (χ0) is 22.5. The highest BCUT2D eigenvalue weighted by molar-refractivity contribution is 6.05. The first-order valence-corrected chi connectivity index (χ1v) is 10.5. The molecular formula is C26H24N4O2. The van der Waals surface area contributed by atoms with E-state index in [0.717, 1.165) is 17.0 Å². The lowest BCUT2D eigenvalue weighted by Crippen LogP contribution is -2.32. The van der Waals surface area contributed by atoms with Gasteiger partial charge in [0, 0.05) is 11.6 Å². The van der Waals surface area contributed by atoms with Gasteiger partial charge in [-0.3, -0.25) is 0 Å². The summed E-state index contributed by atoms with van der Waals surface area (Å²) in [4.78, 5) is 13.0. The summed E-state index contributed by atoms with van der Waals surface area (Å²) in [6.45, 7) is 2.64. The number of hydrazone groups is 1. The monoisotopic (exact) mass is 424 g/mol. The van der Waals surface area contributed by atoms with Gasteiger partial charge >= 0.3 is 6.03 Å². The minimum absolute atomic E-state index is 0.0394. The average molecular weight is 425 g/mol. The number of nitrogens with one attached hydrogen (secondary N) is 1. The standard InChI is InChI=1S/C26H24N4O2/c1-18(20-6-4-3-5-7-20)24-17-30(26(31)28-22-12-8-19(16-27)9-13-22)29-25(24)21-10-14-23(32-2)15-11-21/h3-15,18,24H,17H2,1-2H3,(H,28,31)/t18?,24-/m1/s1. The lowest BCUT2D eigenvalue weighted by molar-refractivity contribution is 0.214. The largest absolute Gasteiger partial charge is 0.497 e. The molecule has 0 aromatic heterocycles. The SMILES string of the molecule is COc1ccc(C2=NN(C(=O)Nc3ccc(C#N)cc3)C[C@@H]2C(C)c2ccccc2)cc1. The lowest BCUT2D eigenvalue weighted by atomic mass is 9.82. The molecule has 0 saturated heterocycles. The Balaban J connectivity index is 1.60. The van der Waals surface area contributed by atoms with E-state index in [2.05, 4.69) is 30.4 Å². The molecule has 0 spiro atoms. The van der Waals surface area contributed by atoms with Crippen molar-refractivity contribution in [1.29, 1.82) is 5.26 Å². The molecule has 0 aliphatic carbocycles. The van der Waals surface area contributed by atoms with Gasteiger partial charge in [0.2, 0.25) is 0 Å². The summed E-state index contributed by atoms with van der Waals surface area (Å²) in [7, 11) is 1.64. The van der Waals surface area contributed by atoms with Crippen LogP contribution in [0.15, 0.2) is 84.0 Å². The summed E-state index contributed by atoms with van der Waals surface area (Å²) in [6, 6.07) is 26.6. The third-order valence-electron chi connectivity index (χ3n) is 5.76. The Morgan fingerprint density at radius 2 is 1.78 bits per heavy atom. The number of ether oxygens (including phenoxy) is 1. The Bertz CT molecular complexity index is 1150. The molecule has 1 unspecified atom stereocenters. The molecule has 160 valence electrons. The summed E-state index contributed by atoms with van der Waals surface area (Å²) in [5, 5.41) is 18.0. The fourth-order valence-corrected chi connectivity index (χ4v) is 3.88. The molecule has 0 bridgehead atoms. The second-order valence-corrected chi connectivity index (χ2v) is 7.72. The van der Waals surface area contributed by atoms with Crippen LogP contribution in [0.25, 0.3) is 0 Å². The summed E-state index contributed by atoms with van der Waals surface area (Å²) < 4.78 is 5.28. The molecule has 1 heterocycles. The van der Waals surface area contributed by atoms with Crippen LogP contribution in [0.4, 0.5) is 10.5 Å². The fourth-order valence-electron chi connectivity index (χ4n) is 3.88. The number of anilines is 1. The zero-order valence-corrected chi connectivity index (χ0v) is 18.0. The predicted molar refractivity (Wildman–Crippen MR) is 125 cm³/mol. The molecular weight excluding hydrogens is 400 g/mol. The van der Waals surface area contributed by atoms with Gasteiger partial charge in [-0.05, 0) is 65.6 Å². The molecule has 6 nitrogen and oxygen atoms in total. The first-order valence-electron chi connectivity index (χ1n) is 10.5. The van der Waals surface area contributed by atoms with Gasteiger partial charge < -0.3 is 10.1 Å². The Hall–Kier alpha value is -4.11. The molecule has 0 radical (unpaired) electrons. The highest BCUT2D eigenvalue weighted by Crippen LogP contribution is 2.33. The molecule has 1 aliphatic heterocycles. The minimum Gasteiger partial charge on any atom is -0.497 e. The van der Waals surface area contributed by atoms with Crippen molar-refractivity contribution in [3.63, 3.8) is 0 Å². The van der Waals surface area contributed by atoms with Crippen LogP contribution in [0.2, 0.25) is 0 Å². The van der Waals surface area contributed by atoms with Crippen LogP contribution in [0.3, 0.4) is 0 Å². The second kappa shape index (κ2) is 9.36. The van der Waals surface area contributed by atoms with Crippen LogP contribution < -0.4 is 10.1 Å². The van der Waals surface area contributed by atoms with E-state index in [1.54, 1.807) is 31.4 Å². The van der Waals surface area contributed by atoms with Gasteiger partial charge in [0.25, 0.3) is 0 Å². The number of carbonyl (C=O) groups excluding carboxylic acids is 1. The number of rotatable bonds is 5. The van der Waals surface area contributed by atoms with E-state index in [-0.39, 0.29) is 17.9 Å². The fraction of sp³-hybridized carbons (Fsp3) is 0.192. The topological polar surface area (TPSA) is 77.7 Å². The first kappa shape index (κ1) is 21.1. The molecule has 3 aromatic rings.